The Morgan fingerprint density at radius 1 is 1.35 bits per heavy atom. The number of aromatic nitrogens is 1. The SMILES string of the molecule is CSC(=Nc1ccc(S(=O)(=O)O)cc1-c1nc2ccccc2o1)NC#N. The summed E-state index contributed by atoms with van der Waals surface area (Å²) in [5.41, 5.74) is 1.71. The van der Waals surface area contributed by atoms with Gasteiger partial charge in [0, 0.05) is 0 Å². The van der Waals surface area contributed by atoms with Gasteiger partial charge in [0.2, 0.25) is 5.89 Å². The van der Waals surface area contributed by atoms with Gasteiger partial charge in [-0.25, -0.2) is 9.98 Å². The molecule has 0 saturated carbocycles. The van der Waals surface area contributed by atoms with E-state index in [1.807, 2.05) is 0 Å². The number of benzene rings is 2. The van der Waals surface area contributed by atoms with Crippen LogP contribution in [0.2, 0.25) is 0 Å². The van der Waals surface area contributed by atoms with E-state index in [9.17, 15) is 13.0 Å². The molecule has 0 spiro atoms. The topological polar surface area (TPSA) is 129 Å². The highest BCUT2D eigenvalue weighted by Gasteiger charge is 2.18. The van der Waals surface area contributed by atoms with E-state index in [1.165, 1.54) is 30.0 Å². The largest absolute Gasteiger partial charge is 0.436 e. The number of oxazole rings is 1. The predicted octanol–water partition coefficient (Wildman–Crippen LogP) is 3.16. The molecule has 0 aliphatic rings. The maximum absolute atomic E-state index is 11.5. The highest BCUT2D eigenvalue weighted by atomic mass is 32.2. The lowest BCUT2D eigenvalue weighted by Crippen LogP contribution is -2.12. The average molecular weight is 388 g/mol. The Kier molecular flexibility index (Phi) is 4.94. The molecular formula is C16H12N4O4S2. The highest BCUT2D eigenvalue weighted by Crippen LogP contribution is 2.34. The van der Waals surface area contributed by atoms with E-state index in [1.54, 1.807) is 36.7 Å². The quantitative estimate of drug-likeness (QED) is 0.230. The fraction of sp³-hybridized carbons (Fsp3) is 0.0625. The average Bonchev–Trinajstić information content (AvgIpc) is 3.04. The summed E-state index contributed by atoms with van der Waals surface area (Å²) >= 11 is 1.21. The van der Waals surface area contributed by atoms with E-state index in [0.717, 1.165) is 0 Å². The standard InChI is InChI=1S/C16H12N4O4S2/c1-25-16(18-9-17)20-12-7-6-10(26(21,22)23)8-11(12)15-19-13-4-2-3-5-14(13)24-15/h2-8H,1H3,(H,18,20)(H,21,22,23). The molecule has 0 fully saturated rings. The van der Waals surface area contributed by atoms with Crippen LogP contribution < -0.4 is 5.32 Å². The molecule has 0 unspecified atom stereocenters. The van der Waals surface area contributed by atoms with Crippen LogP contribution in [0.4, 0.5) is 5.69 Å². The molecule has 0 saturated heterocycles. The zero-order valence-electron chi connectivity index (χ0n) is 13.4. The Morgan fingerprint density at radius 2 is 2.12 bits per heavy atom. The van der Waals surface area contributed by atoms with Gasteiger partial charge in [0.05, 0.1) is 16.1 Å². The van der Waals surface area contributed by atoms with E-state index in [-0.39, 0.29) is 16.3 Å². The second-order valence-corrected chi connectivity index (χ2v) is 7.22. The van der Waals surface area contributed by atoms with Gasteiger partial charge < -0.3 is 4.42 Å². The predicted molar refractivity (Wildman–Crippen MR) is 98.6 cm³/mol. The van der Waals surface area contributed by atoms with E-state index >= 15 is 0 Å². The first-order valence-electron chi connectivity index (χ1n) is 7.17. The molecule has 3 rings (SSSR count). The molecular weight excluding hydrogens is 376 g/mol. The molecule has 0 amide bonds. The Morgan fingerprint density at radius 3 is 2.77 bits per heavy atom. The Labute approximate surface area is 153 Å². The minimum atomic E-state index is -4.42. The zero-order chi connectivity index (χ0) is 18.7. The maximum atomic E-state index is 11.5. The summed E-state index contributed by atoms with van der Waals surface area (Å²) in [4.78, 5) is 8.33. The lowest BCUT2D eigenvalue weighted by atomic mass is 10.2. The highest BCUT2D eigenvalue weighted by molar-refractivity contribution is 8.13. The second-order valence-electron chi connectivity index (χ2n) is 5.00. The van der Waals surface area contributed by atoms with Crippen LogP contribution in [0.5, 0.6) is 0 Å². The minimum absolute atomic E-state index is 0.146. The van der Waals surface area contributed by atoms with Crippen molar-refractivity contribution in [2.75, 3.05) is 6.26 Å². The molecule has 26 heavy (non-hydrogen) atoms. The van der Waals surface area contributed by atoms with Crippen LogP contribution in [-0.4, -0.2) is 29.4 Å². The van der Waals surface area contributed by atoms with E-state index in [4.69, 9.17) is 9.68 Å². The molecule has 0 atom stereocenters. The number of nitrogens with zero attached hydrogens (tertiary/aromatic N) is 3. The van der Waals surface area contributed by atoms with Gasteiger partial charge in [-0.3, -0.25) is 9.87 Å². The number of hydrogen-bond donors (Lipinski definition) is 2. The van der Waals surface area contributed by atoms with Gasteiger partial charge in [-0.05, 0) is 36.6 Å². The van der Waals surface area contributed by atoms with E-state index in [2.05, 4.69) is 15.3 Å². The smallest absolute Gasteiger partial charge is 0.294 e. The van der Waals surface area contributed by atoms with Crippen molar-refractivity contribution in [2.24, 2.45) is 4.99 Å². The first-order chi connectivity index (χ1) is 12.4. The minimum Gasteiger partial charge on any atom is -0.436 e. The molecule has 10 heteroatoms. The molecule has 0 radical (unpaired) electrons. The van der Waals surface area contributed by atoms with Crippen LogP contribution in [0.3, 0.4) is 0 Å². The van der Waals surface area contributed by atoms with Crippen molar-refractivity contribution in [1.29, 1.82) is 5.26 Å². The van der Waals surface area contributed by atoms with Gasteiger partial charge in [0.1, 0.15) is 5.52 Å². The molecule has 1 heterocycles. The molecule has 0 bridgehead atoms. The van der Waals surface area contributed by atoms with Crippen molar-refractivity contribution in [3.05, 3.63) is 42.5 Å². The number of amidine groups is 1. The van der Waals surface area contributed by atoms with Crippen LogP contribution in [-0.2, 0) is 10.1 Å². The summed E-state index contributed by atoms with van der Waals surface area (Å²) in [5.74, 6) is 0.146. The summed E-state index contributed by atoms with van der Waals surface area (Å²) in [5, 5.41) is 11.5. The van der Waals surface area contributed by atoms with Crippen LogP contribution in [0.1, 0.15) is 0 Å². The number of thioether (sulfide) groups is 1. The number of fused-ring (bicyclic) bond motifs is 1. The van der Waals surface area contributed by atoms with Gasteiger partial charge in [-0.15, -0.1) is 0 Å². The molecule has 0 aliphatic heterocycles. The first kappa shape index (κ1) is 17.9. The Balaban J connectivity index is 2.23. The fourth-order valence-corrected chi connectivity index (χ4v) is 3.06. The molecule has 2 aromatic carbocycles. The number of para-hydroxylation sites is 2. The zero-order valence-corrected chi connectivity index (χ0v) is 15.0. The lowest BCUT2D eigenvalue weighted by molar-refractivity contribution is 0.483. The molecule has 2 N–H and O–H groups in total. The van der Waals surface area contributed by atoms with Crippen molar-refractivity contribution < 1.29 is 17.4 Å². The summed E-state index contributed by atoms with van der Waals surface area (Å²) in [6.07, 6.45) is 3.51. The number of nitrogens with one attached hydrogen (secondary N) is 1. The Hall–Kier alpha value is -2.87. The molecule has 3 aromatic rings. The van der Waals surface area contributed by atoms with Crippen LogP contribution in [0.15, 0.2) is 56.8 Å². The molecule has 1 aromatic heterocycles. The maximum Gasteiger partial charge on any atom is 0.294 e. The van der Waals surface area contributed by atoms with Gasteiger partial charge in [0.15, 0.2) is 16.9 Å². The van der Waals surface area contributed by atoms with E-state index in [0.29, 0.717) is 22.0 Å². The molecule has 8 nitrogen and oxygen atoms in total. The normalized spacial score (nSPS) is 12.1. The number of aliphatic imine (C=N–C) groups is 1. The first-order valence-corrected chi connectivity index (χ1v) is 9.84. The third kappa shape index (κ3) is 3.70. The summed E-state index contributed by atoms with van der Waals surface area (Å²) in [7, 11) is -4.42. The van der Waals surface area contributed by atoms with Crippen molar-refractivity contribution in [3.63, 3.8) is 0 Å². The lowest BCUT2D eigenvalue weighted by Gasteiger charge is -2.06. The van der Waals surface area contributed by atoms with Crippen LogP contribution in [0, 0.1) is 11.5 Å². The summed E-state index contributed by atoms with van der Waals surface area (Å²) in [6, 6.07) is 10.9. The fourth-order valence-electron chi connectivity index (χ4n) is 2.21. The second kappa shape index (κ2) is 7.17. The van der Waals surface area contributed by atoms with Crippen molar-refractivity contribution >= 4 is 43.8 Å². The third-order valence-corrected chi connectivity index (χ3v) is 4.80. The van der Waals surface area contributed by atoms with Gasteiger partial charge >= 0.3 is 0 Å². The van der Waals surface area contributed by atoms with Crippen molar-refractivity contribution in [3.8, 4) is 17.6 Å². The number of hydrogen-bond acceptors (Lipinski definition) is 7. The van der Waals surface area contributed by atoms with Crippen LogP contribution >= 0.6 is 11.8 Å². The summed E-state index contributed by atoms with van der Waals surface area (Å²) < 4.78 is 38.0. The monoisotopic (exact) mass is 388 g/mol. The Bertz CT molecular complexity index is 1110. The van der Waals surface area contributed by atoms with Crippen molar-refractivity contribution in [1.82, 2.24) is 10.3 Å². The number of nitriles is 1. The van der Waals surface area contributed by atoms with E-state index < -0.39 is 10.1 Å². The van der Waals surface area contributed by atoms with Gasteiger partial charge in [-0.1, -0.05) is 23.9 Å². The van der Waals surface area contributed by atoms with Crippen LogP contribution in [0.25, 0.3) is 22.6 Å². The third-order valence-electron chi connectivity index (χ3n) is 3.37. The van der Waals surface area contributed by atoms with Crippen molar-refractivity contribution in [2.45, 2.75) is 4.90 Å². The number of rotatable bonds is 3. The van der Waals surface area contributed by atoms with Gasteiger partial charge in [-0.2, -0.15) is 13.7 Å². The molecule has 132 valence electrons. The molecule has 0 aliphatic carbocycles. The summed E-state index contributed by atoms with van der Waals surface area (Å²) in [6.45, 7) is 0. The van der Waals surface area contributed by atoms with Gasteiger partial charge in [0.25, 0.3) is 10.1 Å².